The summed E-state index contributed by atoms with van der Waals surface area (Å²) in [6.45, 7) is 14.9. The summed E-state index contributed by atoms with van der Waals surface area (Å²) in [6, 6.07) is 0. The third-order valence-electron chi connectivity index (χ3n) is 2.13. The van der Waals surface area contributed by atoms with Gasteiger partial charge in [0, 0.05) is 13.1 Å². The van der Waals surface area contributed by atoms with Crippen LogP contribution in [0.25, 0.3) is 0 Å². The average Bonchev–Trinajstić information content (AvgIpc) is 2.39. The molecule has 74 valence electrons. The topological polar surface area (TPSA) is 3.24 Å². The zero-order valence-electron chi connectivity index (χ0n) is 9.43. The second kappa shape index (κ2) is 6.47. The van der Waals surface area contributed by atoms with Crippen molar-refractivity contribution in [1.82, 2.24) is 4.90 Å². The normalized spacial score (nSPS) is 24.0. The molecule has 1 atom stereocenters. The average molecular weight is 171 g/mol. The van der Waals surface area contributed by atoms with Gasteiger partial charge >= 0.3 is 0 Å². The highest BCUT2D eigenvalue weighted by molar-refractivity contribution is 4.72. The van der Waals surface area contributed by atoms with Gasteiger partial charge in [0.05, 0.1) is 0 Å². The number of hydrogen-bond acceptors (Lipinski definition) is 1. The van der Waals surface area contributed by atoms with Crippen molar-refractivity contribution in [3.05, 3.63) is 0 Å². The van der Waals surface area contributed by atoms with E-state index in [-0.39, 0.29) is 0 Å². The van der Waals surface area contributed by atoms with Crippen LogP contribution < -0.4 is 0 Å². The predicted octanol–water partition coefficient (Wildman–Crippen LogP) is 3.01. The molecule has 0 bridgehead atoms. The van der Waals surface area contributed by atoms with Crippen LogP contribution in [0.5, 0.6) is 0 Å². The first-order chi connectivity index (χ1) is 5.68. The van der Waals surface area contributed by atoms with Gasteiger partial charge < -0.3 is 4.90 Å². The van der Waals surface area contributed by atoms with Crippen molar-refractivity contribution in [1.29, 1.82) is 0 Å². The molecule has 0 amide bonds. The lowest BCUT2D eigenvalue weighted by Crippen LogP contribution is -2.24. The molecule has 0 aromatic carbocycles. The molecule has 1 aliphatic heterocycles. The predicted molar refractivity (Wildman–Crippen MR) is 56.4 cm³/mol. The summed E-state index contributed by atoms with van der Waals surface area (Å²) in [5.74, 6) is 1.78. The van der Waals surface area contributed by atoms with Gasteiger partial charge in [-0.25, -0.2) is 0 Å². The van der Waals surface area contributed by atoms with E-state index >= 15 is 0 Å². The number of nitrogens with zero attached hydrogens (tertiary/aromatic N) is 1. The fraction of sp³-hybridized carbons (Fsp3) is 1.00. The van der Waals surface area contributed by atoms with Crippen molar-refractivity contribution < 1.29 is 0 Å². The molecule has 1 aliphatic rings. The number of rotatable bonds is 2. The summed E-state index contributed by atoms with van der Waals surface area (Å²) in [7, 11) is 0. The third kappa shape index (κ3) is 4.76. The van der Waals surface area contributed by atoms with Gasteiger partial charge in [-0.1, -0.05) is 34.6 Å². The summed E-state index contributed by atoms with van der Waals surface area (Å²) in [4.78, 5) is 2.58. The van der Waals surface area contributed by atoms with Crippen LogP contribution in [0.3, 0.4) is 0 Å². The molecule has 0 aromatic rings. The van der Waals surface area contributed by atoms with Gasteiger partial charge in [0.1, 0.15) is 0 Å². The maximum Gasteiger partial charge on any atom is 0.000761 e. The molecule has 0 saturated carbocycles. The monoisotopic (exact) mass is 171 g/mol. The summed E-state index contributed by atoms with van der Waals surface area (Å²) in [5.41, 5.74) is 0. The molecule has 12 heavy (non-hydrogen) atoms. The Kier molecular flexibility index (Phi) is 6.45. The lowest BCUT2D eigenvalue weighted by molar-refractivity contribution is 0.290. The molecule has 1 saturated heterocycles. The Labute approximate surface area is 78.1 Å². The highest BCUT2D eigenvalue weighted by Crippen LogP contribution is 2.15. The van der Waals surface area contributed by atoms with Gasteiger partial charge in [-0.2, -0.15) is 0 Å². The van der Waals surface area contributed by atoms with Gasteiger partial charge in [0.2, 0.25) is 0 Å². The minimum atomic E-state index is 0.838. The molecular weight excluding hydrogens is 146 g/mol. The lowest BCUT2D eigenvalue weighted by Gasteiger charge is -2.17. The highest BCUT2D eigenvalue weighted by Gasteiger charge is 2.18. The SMILES string of the molecule is CC.CC(C)CN1CCC(C)C1. The van der Waals surface area contributed by atoms with Crippen LogP contribution in [0.2, 0.25) is 0 Å². The molecule has 1 nitrogen and oxygen atoms in total. The first-order valence-electron chi connectivity index (χ1n) is 5.41. The van der Waals surface area contributed by atoms with E-state index in [1.54, 1.807) is 0 Å². The van der Waals surface area contributed by atoms with Crippen LogP contribution in [-0.4, -0.2) is 24.5 Å². The Bertz CT molecular complexity index is 99.2. The minimum absolute atomic E-state index is 0.838. The summed E-state index contributed by atoms with van der Waals surface area (Å²) >= 11 is 0. The molecule has 0 N–H and O–H groups in total. The van der Waals surface area contributed by atoms with Gasteiger partial charge in [0.15, 0.2) is 0 Å². The van der Waals surface area contributed by atoms with Gasteiger partial charge in [-0.15, -0.1) is 0 Å². The minimum Gasteiger partial charge on any atom is -0.303 e. The van der Waals surface area contributed by atoms with E-state index in [9.17, 15) is 0 Å². The van der Waals surface area contributed by atoms with Crippen LogP contribution in [0.15, 0.2) is 0 Å². The maximum absolute atomic E-state index is 2.58. The summed E-state index contributed by atoms with van der Waals surface area (Å²) in [6.07, 6.45) is 1.41. The smallest absolute Gasteiger partial charge is 0.000761 e. The first kappa shape index (κ1) is 12.0. The van der Waals surface area contributed by atoms with Crippen LogP contribution in [0.1, 0.15) is 41.0 Å². The number of hydrogen-bond donors (Lipinski definition) is 0. The van der Waals surface area contributed by atoms with E-state index in [0.29, 0.717) is 0 Å². The molecule has 1 rings (SSSR count). The van der Waals surface area contributed by atoms with Crippen molar-refractivity contribution in [2.45, 2.75) is 41.0 Å². The molecule has 0 aliphatic carbocycles. The zero-order valence-corrected chi connectivity index (χ0v) is 9.43. The molecule has 0 aromatic heterocycles. The van der Waals surface area contributed by atoms with Gasteiger partial charge in [-0.05, 0) is 24.8 Å². The quantitative estimate of drug-likeness (QED) is 0.617. The largest absolute Gasteiger partial charge is 0.303 e. The summed E-state index contributed by atoms with van der Waals surface area (Å²) in [5, 5.41) is 0. The van der Waals surface area contributed by atoms with E-state index in [1.165, 1.54) is 26.1 Å². The van der Waals surface area contributed by atoms with E-state index < -0.39 is 0 Å². The van der Waals surface area contributed by atoms with Crippen LogP contribution in [0, 0.1) is 11.8 Å². The second-order valence-electron chi connectivity index (χ2n) is 4.05. The fourth-order valence-corrected chi connectivity index (χ4v) is 1.71. The Morgan fingerprint density at radius 2 is 1.92 bits per heavy atom. The van der Waals surface area contributed by atoms with Crippen LogP contribution in [-0.2, 0) is 0 Å². The first-order valence-corrected chi connectivity index (χ1v) is 5.41. The molecule has 0 spiro atoms. The van der Waals surface area contributed by atoms with Gasteiger partial charge in [-0.3, -0.25) is 0 Å². The van der Waals surface area contributed by atoms with Gasteiger partial charge in [0.25, 0.3) is 0 Å². The number of likely N-dealkylation sites (tertiary alicyclic amines) is 1. The zero-order chi connectivity index (χ0) is 9.56. The summed E-state index contributed by atoms with van der Waals surface area (Å²) < 4.78 is 0. The molecule has 1 heteroatoms. The lowest BCUT2D eigenvalue weighted by atomic mass is 10.2. The van der Waals surface area contributed by atoms with E-state index in [1.807, 2.05) is 13.8 Å². The van der Waals surface area contributed by atoms with E-state index in [4.69, 9.17) is 0 Å². The Morgan fingerprint density at radius 3 is 2.25 bits per heavy atom. The van der Waals surface area contributed by atoms with Crippen molar-refractivity contribution in [3.8, 4) is 0 Å². The fourth-order valence-electron chi connectivity index (χ4n) is 1.71. The van der Waals surface area contributed by atoms with E-state index in [2.05, 4.69) is 25.7 Å². The van der Waals surface area contributed by atoms with Crippen molar-refractivity contribution in [3.63, 3.8) is 0 Å². The molecule has 1 fully saturated rings. The molecule has 1 unspecified atom stereocenters. The third-order valence-corrected chi connectivity index (χ3v) is 2.13. The van der Waals surface area contributed by atoms with Crippen molar-refractivity contribution in [2.75, 3.05) is 19.6 Å². The van der Waals surface area contributed by atoms with E-state index in [0.717, 1.165) is 11.8 Å². The maximum atomic E-state index is 2.58. The molecule has 1 heterocycles. The molecule has 0 radical (unpaired) electrons. The van der Waals surface area contributed by atoms with Crippen molar-refractivity contribution in [2.24, 2.45) is 11.8 Å². The Balaban J connectivity index is 0.000000561. The second-order valence-corrected chi connectivity index (χ2v) is 4.05. The Hall–Kier alpha value is -0.0400. The van der Waals surface area contributed by atoms with Crippen molar-refractivity contribution >= 4 is 0 Å². The van der Waals surface area contributed by atoms with Crippen LogP contribution >= 0.6 is 0 Å². The van der Waals surface area contributed by atoms with Crippen LogP contribution in [0.4, 0.5) is 0 Å². The Morgan fingerprint density at radius 1 is 1.33 bits per heavy atom. The standard InChI is InChI=1S/C9H19N.C2H6/c1-8(2)6-10-5-4-9(3)7-10;1-2/h8-9H,4-7H2,1-3H3;1-2H3. The molecular formula is C11H25N. The highest BCUT2D eigenvalue weighted by atomic mass is 15.1.